The minimum atomic E-state index is -3.31. The molecule has 0 amide bonds. The molecule has 2 saturated heterocycles. The normalized spacial score (nSPS) is 23.2. The van der Waals surface area contributed by atoms with Crippen LogP contribution in [0.1, 0.15) is 11.6 Å². The molecular formula is C12H17N3O3S. The zero-order valence-electron chi connectivity index (χ0n) is 10.6. The van der Waals surface area contributed by atoms with Crippen molar-refractivity contribution in [2.75, 3.05) is 39.4 Å². The monoisotopic (exact) mass is 283 g/mol. The summed E-state index contributed by atoms with van der Waals surface area (Å²) in [4.78, 5) is 4.27. The Morgan fingerprint density at radius 2 is 1.89 bits per heavy atom. The van der Waals surface area contributed by atoms with Gasteiger partial charge in [-0.25, -0.2) is 0 Å². The Hall–Kier alpha value is -1.02. The number of hydrogen-bond acceptors (Lipinski definition) is 4. The summed E-state index contributed by atoms with van der Waals surface area (Å²) < 4.78 is 32.9. The third-order valence-electron chi connectivity index (χ3n) is 3.58. The average Bonchev–Trinajstić information content (AvgIpc) is 2.39. The number of nitrogens with zero attached hydrogens (tertiary/aromatic N) is 3. The van der Waals surface area contributed by atoms with E-state index >= 15 is 0 Å². The van der Waals surface area contributed by atoms with Crippen molar-refractivity contribution < 1.29 is 13.2 Å². The van der Waals surface area contributed by atoms with Gasteiger partial charge in [-0.15, -0.1) is 0 Å². The summed E-state index contributed by atoms with van der Waals surface area (Å²) in [5.41, 5.74) is 0.968. The molecule has 0 unspecified atom stereocenters. The van der Waals surface area contributed by atoms with E-state index in [9.17, 15) is 8.42 Å². The van der Waals surface area contributed by atoms with Gasteiger partial charge in [-0.1, -0.05) is 6.07 Å². The minimum absolute atomic E-state index is 0.219. The quantitative estimate of drug-likeness (QED) is 0.787. The SMILES string of the molecule is O=S(=O)(N1CCOCC1)N1CC(c2ccccn2)C1. The highest BCUT2D eigenvalue weighted by Crippen LogP contribution is 2.29. The first kappa shape index (κ1) is 13.0. The van der Waals surface area contributed by atoms with Gasteiger partial charge >= 0.3 is 0 Å². The number of morpholine rings is 1. The summed E-state index contributed by atoms with van der Waals surface area (Å²) >= 11 is 0. The van der Waals surface area contributed by atoms with Gasteiger partial charge in [-0.05, 0) is 12.1 Å². The molecule has 0 radical (unpaired) electrons. The lowest BCUT2D eigenvalue weighted by molar-refractivity contribution is 0.0680. The van der Waals surface area contributed by atoms with Gasteiger partial charge in [0.05, 0.1) is 13.2 Å². The van der Waals surface area contributed by atoms with Crippen LogP contribution in [0.4, 0.5) is 0 Å². The van der Waals surface area contributed by atoms with Gasteiger partial charge in [-0.3, -0.25) is 4.98 Å². The largest absolute Gasteiger partial charge is 0.379 e. The number of rotatable bonds is 3. The van der Waals surface area contributed by atoms with E-state index in [0.29, 0.717) is 39.4 Å². The summed E-state index contributed by atoms with van der Waals surface area (Å²) in [6.45, 7) is 2.92. The number of hydrogen-bond donors (Lipinski definition) is 0. The first-order valence-electron chi connectivity index (χ1n) is 6.42. The van der Waals surface area contributed by atoms with Gasteiger partial charge in [0.25, 0.3) is 10.2 Å². The molecule has 2 fully saturated rings. The van der Waals surface area contributed by atoms with Crippen molar-refractivity contribution in [3.8, 4) is 0 Å². The summed E-state index contributed by atoms with van der Waals surface area (Å²) in [6.07, 6.45) is 1.74. The lowest BCUT2D eigenvalue weighted by atomic mass is 9.99. The first-order chi connectivity index (χ1) is 9.18. The second kappa shape index (κ2) is 5.16. The van der Waals surface area contributed by atoms with Crippen molar-refractivity contribution in [3.05, 3.63) is 30.1 Å². The van der Waals surface area contributed by atoms with Crippen molar-refractivity contribution in [2.24, 2.45) is 0 Å². The summed E-state index contributed by atoms with van der Waals surface area (Å²) in [6, 6.07) is 5.75. The highest BCUT2D eigenvalue weighted by Gasteiger charge is 2.40. The molecule has 0 atom stereocenters. The van der Waals surface area contributed by atoms with Gasteiger partial charge < -0.3 is 4.74 Å². The van der Waals surface area contributed by atoms with Gasteiger partial charge in [0.15, 0.2) is 0 Å². The molecule has 2 aliphatic heterocycles. The zero-order valence-corrected chi connectivity index (χ0v) is 11.4. The first-order valence-corrected chi connectivity index (χ1v) is 7.81. The third-order valence-corrected chi connectivity index (χ3v) is 5.55. The molecule has 7 heteroatoms. The van der Waals surface area contributed by atoms with Crippen molar-refractivity contribution in [3.63, 3.8) is 0 Å². The Labute approximate surface area is 113 Å². The van der Waals surface area contributed by atoms with E-state index in [1.165, 1.54) is 8.61 Å². The smallest absolute Gasteiger partial charge is 0.282 e. The molecule has 19 heavy (non-hydrogen) atoms. The average molecular weight is 283 g/mol. The lowest BCUT2D eigenvalue weighted by Crippen LogP contribution is -2.56. The molecule has 0 aliphatic carbocycles. The molecule has 0 N–H and O–H groups in total. The Kier molecular flexibility index (Phi) is 3.53. The van der Waals surface area contributed by atoms with Crippen LogP contribution in [0.2, 0.25) is 0 Å². The fraction of sp³-hybridized carbons (Fsp3) is 0.583. The Morgan fingerprint density at radius 1 is 1.16 bits per heavy atom. The van der Waals surface area contributed by atoms with Gasteiger partial charge in [0, 0.05) is 44.0 Å². The molecule has 0 bridgehead atoms. The van der Waals surface area contributed by atoms with Crippen LogP contribution in [0.25, 0.3) is 0 Å². The van der Waals surface area contributed by atoms with E-state index in [1.54, 1.807) is 6.20 Å². The second-order valence-electron chi connectivity index (χ2n) is 4.79. The minimum Gasteiger partial charge on any atom is -0.379 e. The van der Waals surface area contributed by atoms with Crippen LogP contribution in [0.3, 0.4) is 0 Å². The fourth-order valence-electron chi connectivity index (χ4n) is 2.37. The molecule has 3 heterocycles. The van der Waals surface area contributed by atoms with Crippen LogP contribution in [0, 0.1) is 0 Å². The predicted molar refractivity (Wildman–Crippen MR) is 69.9 cm³/mol. The summed E-state index contributed by atoms with van der Waals surface area (Å²) in [5.74, 6) is 0.219. The van der Waals surface area contributed by atoms with Crippen LogP contribution in [0.5, 0.6) is 0 Å². The van der Waals surface area contributed by atoms with Gasteiger partial charge in [0.1, 0.15) is 0 Å². The van der Waals surface area contributed by atoms with Gasteiger partial charge in [-0.2, -0.15) is 17.0 Å². The summed E-state index contributed by atoms with van der Waals surface area (Å²) in [5, 5.41) is 0. The predicted octanol–water partition coefficient (Wildman–Crippen LogP) is 0.0578. The molecule has 6 nitrogen and oxygen atoms in total. The molecule has 0 saturated carbocycles. The van der Waals surface area contributed by atoms with E-state index in [0.717, 1.165) is 5.69 Å². The third kappa shape index (κ3) is 2.51. The van der Waals surface area contributed by atoms with Crippen molar-refractivity contribution in [1.29, 1.82) is 0 Å². The van der Waals surface area contributed by atoms with Crippen molar-refractivity contribution >= 4 is 10.2 Å². The van der Waals surface area contributed by atoms with E-state index in [-0.39, 0.29) is 5.92 Å². The number of pyridine rings is 1. The molecule has 2 aliphatic rings. The topological polar surface area (TPSA) is 62.7 Å². The molecule has 0 aromatic carbocycles. The highest BCUT2D eigenvalue weighted by molar-refractivity contribution is 7.86. The van der Waals surface area contributed by atoms with Gasteiger partial charge in [0.2, 0.25) is 0 Å². The Bertz CT molecular complexity index is 522. The lowest BCUT2D eigenvalue weighted by Gasteiger charge is -2.41. The highest BCUT2D eigenvalue weighted by atomic mass is 32.2. The standard InChI is InChI=1S/C12H17N3O3S/c16-19(17,14-5-7-18-8-6-14)15-9-11(10-15)12-3-1-2-4-13-12/h1-4,11H,5-10H2. The van der Waals surface area contributed by atoms with Crippen molar-refractivity contribution in [2.45, 2.75) is 5.92 Å². The van der Waals surface area contributed by atoms with E-state index < -0.39 is 10.2 Å². The maximum Gasteiger partial charge on any atom is 0.282 e. The van der Waals surface area contributed by atoms with Crippen LogP contribution in [-0.2, 0) is 14.9 Å². The Morgan fingerprint density at radius 3 is 2.53 bits per heavy atom. The zero-order chi connectivity index (χ0) is 13.3. The second-order valence-corrected chi connectivity index (χ2v) is 6.72. The maximum atomic E-state index is 12.3. The van der Waals surface area contributed by atoms with Crippen LogP contribution in [0.15, 0.2) is 24.4 Å². The van der Waals surface area contributed by atoms with E-state index in [1.807, 2.05) is 18.2 Å². The Balaban J connectivity index is 1.63. The van der Waals surface area contributed by atoms with Crippen LogP contribution in [-0.4, -0.2) is 61.4 Å². The van der Waals surface area contributed by atoms with Crippen molar-refractivity contribution in [1.82, 2.24) is 13.6 Å². The maximum absolute atomic E-state index is 12.3. The van der Waals surface area contributed by atoms with E-state index in [4.69, 9.17) is 4.74 Å². The molecule has 3 rings (SSSR count). The molecule has 1 aromatic heterocycles. The van der Waals surface area contributed by atoms with E-state index in [2.05, 4.69) is 4.98 Å². The van der Waals surface area contributed by atoms with Crippen LogP contribution < -0.4 is 0 Å². The summed E-state index contributed by atoms with van der Waals surface area (Å²) in [7, 11) is -3.31. The molecule has 1 aromatic rings. The fourth-order valence-corrected chi connectivity index (χ4v) is 4.05. The molecular weight excluding hydrogens is 266 g/mol. The molecule has 0 spiro atoms. The van der Waals surface area contributed by atoms with Crippen LogP contribution >= 0.6 is 0 Å². The molecule has 104 valence electrons. The number of aromatic nitrogens is 1. The number of ether oxygens (including phenoxy) is 1.